The Hall–Kier alpha value is -2.70. The van der Waals surface area contributed by atoms with E-state index in [-0.39, 0.29) is 28.4 Å². The summed E-state index contributed by atoms with van der Waals surface area (Å²) >= 11 is 2.02. The summed E-state index contributed by atoms with van der Waals surface area (Å²) in [7, 11) is 0. The minimum Gasteiger partial charge on any atom is -0.504 e. The smallest absolute Gasteiger partial charge is 0.191 e. The van der Waals surface area contributed by atoms with Gasteiger partial charge in [-0.25, -0.2) is 0 Å². The minimum absolute atomic E-state index is 0.00718. The summed E-state index contributed by atoms with van der Waals surface area (Å²) in [6, 6.07) is 10.0. The van der Waals surface area contributed by atoms with Crippen molar-refractivity contribution in [3.8, 4) is 29.7 Å². The van der Waals surface area contributed by atoms with Gasteiger partial charge < -0.3 is 15.6 Å². The average molecular weight is 542 g/mol. The highest BCUT2D eigenvalue weighted by Crippen LogP contribution is 2.58. The maximum Gasteiger partial charge on any atom is 0.191 e. The molecule has 166 valence electrons. The van der Waals surface area contributed by atoms with Crippen molar-refractivity contribution in [3.63, 3.8) is 0 Å². The van der Waals surface area contributed by atoms with E-state index in [9.17, 15) is 20.9 Å². The van der Waals surface area contributed by atoms with E-state index >= 15 is 0 Å². The van der Waals surface area contributed by atoms with Crippen LogP contribution in [0.5, 0.6) is 11.5 Å². The fraction of sp³-hybridized carbons (Fsp3) is 0.480. The molecule has 2 aliphatic rings. The number of nitriles is 3. The summed E-state index contributed by atoms with van der Waals surface area (Å²) in [5, 5.41) is 40.9. The topological polar surface area (TPSA) is 127 Å². The molecule has 3 rings (SSSR count). The first-order valence-corrected chi connectivity index (χ1v) is 11.7. The Morgan fingerprint density at radius 3 is 2.44 bits per heavy atom. The number of hydrogen-bond acceptors (Lipinski definition) is 6. The van der Waals surface area contributed by atoms with Gasteiger partial charge in [-0.05, 0) is 82.9 Å². The molecule has 0 aliphatic heterocycles. The van der Waals surface area contributed by atoms with Crippen LogP contribution in [0.4, 0.5) is 0 Å². The Morgan fingerprint density at radius 1 is 1.25 bits per heavy atom. The van der Waals surface area contributed by atoms with Gasteiger partial charge in [0, 0.05) is 5.92 Å². The molecule has 32 heavy (non-hydrogen) atoms. The van der Waals surface area contributed by atoms with E-state index in [4.69, 9.17) is 10.5 Å². The fourth-order valence-electron chi connectivity index (χ4n) is 5.01. The van der Waals surface area contributed by atoms with Crippen molar-refractivity contribution in [1.29, 1.82) is 15.8 Å². The third kappa shape index (κ3) is 3.71. The van der Waals surface area contributed by atoms with Gasteiger partial charge in [0.1, 0.15) is 6.07 Å². The van der Waals surface area contributed by atoms with E-state index in [2.05, 4.69) is 45.1 Å². The Balaban J connectivity index is 2.34. The third-order valence-electron chi connectivity index (χ3n) is 6.81. The maximum atomic E-state index is 10.5. The molecule has 0 aromatic heterocycles. The molecule has 0 saturated heterocycles. The van der Waals surface area contributed by atoms with Crippen LogP contribution in [0.3, 0.4) is 0 Å². The molecule has 3 N–H and O–H groups in total. The monoisotopic (exact) mass is 542 g/mol. The lowest BCUT2D eigenvalue weighted by atomic mass is 9.54. The number of allylic oxidation sites excluding steroid dienone is 4. The molecular formula is C25H27IN4O2. The molecule has 0 amide bonds. The molecule has 0 unspecified atom stereocenters. The predicted octanol–water partition coefficient (Wildman–Crippen LogP) is 5.26. The molecule has 0 spiro atoms. The van der Waals surface area contributed by atoms with E-state index in [1.807, 2.05) is 29.5 Å². The van der Waals surface area contributed by atoms with Crippen LogP contribution in [-0.2, 0) is 0 Å². The van der Waals surface area contributed by atoms with Crippen molar-refractivity contribution >= 4 is 22.6 Å². The molecular weight excluding hydrogens is 515 g/mol. The Kier molecular flexibility index (Phi) is 6.50. The number of hydrogen-bond donors (Lipinski definition) is 2. The van der Waals surface area contributed by atoms with Crippen LogP contribution >= 0.6 is 22.6 Å². The van der Waals surface area contributed by atoms with Crippen LogP contribution in [-0.4, -0.2) is 11.7 Å². The molecule has 0 radical (unpaired) electrons. The Morgan fingerprint density at radius 2 is 1.91 bits per heavy atom. The summed E-state index contributed by atoms with van der Waals surface area (Å²) in [5.41, 5.74) is 6.50. The van der Waals surface area contributed by atoms with Crippen molar-refractivity contribution in [2.24, 2.45) is 28.4 Å². The number of ether oxygens (including phenoxy) is 1. The predicted molar refractivity (Wildman–Crippen MR) is 129 cm³/mol. The van der Waals surface area contributed by atoms with Gasteiger partial charge in [0.15, 0.2) is 16.9 Å². The number of phenolic OH excluding ortho intramolecular Hbond substituents is 1. The van der Waals surface area contributed by atoms with Crippen LogP contribution in [0, 0.1) is 60.2 Å². The molecule has 6 nitrogen and oxygen atoms in total. The second-order valence-corrected chi connectivity index (χ2v) is 10.7. The van der Waals surface area contributed by atoms with Crippen molar-refractivity contribution < 1.29 is 9.84 Å². The summed E-state index contributed by atoms with van der Waals surface area (Å²) in [6.07, 6.45) is 3.60. The molecule has 0 bridgehead atoms. The fourth-order valence-corrected chi connectivity index (χ4v) is 5.64. The number of rotatable bonds is 3. The molecule has 7 heteroatoms. The van der Waals surface area contributed by atoms with Gasteiger partial charge >= 0.3 is 0 Å². The standard InChI is InChI=1S/C25H27IN4O2/c1-5-32-20-9-14(8-19(26)22(20)31)21-17-10-15(24(2,3)4)6-7-16(17)18(11-27)23(30)25(21,12-28)13-29/h7-9,15,17,21,31H,5-6,10,30H2,1-4H3/t15-,17+,21+/m1/s1. The number of aromatic hydroxyl groups is 1. The number of phenols is 1. The van der Waals surface area contributed by atoms with Gasteiger partial charge in [0.05, 0.1) is 33.6 Å². The van der Waals surface area contributed by atoms with Gasteiger partial charge in [-0.1, -0.05) is 26.8 Å². The van der Waals surface area contributed by atoms with Crippen molar-refractivity contribution in [2.45, 2.75) is 46.5 Å². The normalized spacial score (nSPS) is 24.4. The number of fused-ring (bicyclic) bond motifs is 1. The van der Waals surface area contributed by atoms with Crippen LogP contribution < -0.4 is 10.5 Å². The van der Waals surface area contributed by atoms with Crippen molar-refractivity contribution in [3.05, 3.63) is 44.2 Å². The van der Waals surface area contributed by atoms with E-state index in [0.29, 0.717) is 27.4 Å². The first-order chi connectivity index (χ1) is 15.0. The lowest BCUT2D eigenvalue weighted by molar-refractivity contribution is 0.170. The molecule has 0 saturated carbocycles. The van der Waals surface area contributed by atoms with E-state index in [1.54, 1.807) is 12.1 Å². The van der Waals surface area contributed by atoms with Crippen LogP contribution in [0.25, 0.3) is 0 Å². The molecule has 2 aliphatic carbocycles. The summed E-state index contributed by atoms with van der Waals surface area (Å²) in [4.78, 5) is 0. The quantitative estimate of drug-likeness (QED) is 0.502. The van der Waals surface area contributed by atoms with E-state index in [1.165, 1.54) is 0 Å². The average Bonchev–Trinajstić information content (AvgIpc) is 2.75. The lowest BCUT2D eigenvalue weighted by Crippen LogP contribution is -2.44. The summed E-state index contributed by atoms with van der Waals surface area (Å²) in [6.45, 7) is 8.73. The van der Waals surface area contributed by atoms with Gasteiger partial charge in [-0.3, -0.25) is 0 Å². The highest BCUT2D eigenvalue weighted by Gasteiger charge is 2.55. The highest BCUT2D eigenvalue weighted by atomic mass is 127. The van der Waals surface area contributed by atoms with Gasteiger partial charge in [0.25, 0.3) is 0 Å². The number of halogens is 1. The number of nitrogens with two attached hydrogens (primary N) is 1. The second kappa shape index (κ2) is 8.68. The highest BCUT2D eigenvalue weighted by molar-refractivity contribution is 14.1. The lowest BCUT2D eigenvalue weighted by Gasteiger charge is -2.47. The molecule has 1 aromatic carbocycles. The van der Waals surface area contributed by atoms with Crippen LogP contribution in [0.1, 0.15) is 52.0 Å². The van der Waals surface area contributed by atoms with Gasteiger partial charge in [0.2, 0.25) is 0 Å². The summed E-state index contributed by atoms with van der Waals surface area (Å²) in [5.74, 6) is -0.180. The number of benzene rings is 1. The Labute approximate surface area is 203 Å². The molecule has 0 heterocycles. The van der Waals surface area contributed by atoms with Crippen LogP contribution in [0.2, 0.25) is 0 Å². The largest absolute Gasteiger partial charge is 0.504 e. The zero-order valence-corrected chi connectivity index (χ0v) is 20.9. The zero-order chi connectivity index (χ0) is 23.8. The van der Waals surface area contributed by atoms with E-state index < -0.39 is 11.3 Å². The van der Waals surface area contributed by atoms with E-state index in [0.717, 1.165) is 18.4 Å². The van der Waals surface area contributed by atoms with Crippen LogP contribution in [0.15, 0.2) is 35.1 Å². The van der Waals surface area contributed by atoms with Gasteiger partial charge in [-0.2, -0.15) is 15.8 Å². The SMILES string of the molecule is CCOc1cc([C@H]2[C@H]3C[C@H](C(C)(C)C)CC=C3C(C#N)=C(N)C2(C#N)C#N)cc(I)c1O. The molecule has 3 atom stereocenters. The second-order valence-electron chi connectivity index (χ2n) is 9.49. The first-order valence-electron chi connectivity index (χ1n) is 10.6. The van der Waals surface area contributed by atoms with Crippen molar-refractivity contribution in [2.75, 3.05) is 6.61 Å². The number of nitrogens with zero attached hydrogens (tertiary/aromatic N) is 3. The Bertz CT molecular complexity index is 1110. The first kappa shape index (κ1) is 24.0. The summed E-state index contributed by atoms with van der Waals surface area (Å²) < 4.78 is 6.20. The van der Waals surface area contributed by atoms with Gasteiger partial charge in [-0.15, -0.1) is 0 Å². The third-order valence-corrected chi connectivity index (χ3v) is 7.63. The maximum absolute atomic E-state index is 10.5. The zero-order valence-electron chi connectivity index (χ0n) is 18.7. The molecule has 0 fully saturated rings. The van der Waals surface area contributed by atoms with Crippen molar-refractivity contribution in [1.82, 2.24) is 0 Å². The minimum atomic E-state index is -1.70. The molecule has 1 aromatic rings.